The molecule has 1 aliphatic heterocycles. The van der Waals surface area contributed by atoms with Gasteiger partial charge in [-0.15, -0.1) is 5.10 Å². The molecule has 0 amide bonds. The smallest absolute Gasteiger partial charge is 0.191 e. The van der Waals surface area contributed by atoms with Gasteiger partial charge in [-0.3, -0.25) is 0 Å². The van der Waals surface area contributed by atoms with Crippen LogP contribution in [0.3, 0.4) is 0 Å². The zero-order chi connectivity index (χ0) is 16.1. The average molecular weight is 332 g/mol. The lowest BCUT2D eigenvalue weighted by molar-refractivity contribution is 0.414. The van der Waals surface area contributed by atoms with Crippen LogP contribution < -0.4 is 10.5 Å². The monoisotopic (exact) mass is 332 g/mol. The van der Waals surface area contributed by atoms with E-state index in [2.05, 4.69) is 20.2 Å². The van der Waals surface area contributed by atoms with E-state index in [1.54, 1.807) is 11.8 Å². The molecule has 1 aromatic heterocycles. The first-order valence-corrected chi connectivity index (χ1v) is 8.60. The summed E-state index contributed by atoms with van der Waals surface area (Å²) in [5.41, 5.74) is 7.76. The van der Waals surface area contributed by atoms with Gasteiger partial charge < -0.3 is 15.4 Å². The summed E-state index contributed by atoms with van der Waals surface area (Å²) in [6.45, 7) is 2.35. The second-order valence-corrected chi connectivity index (χ2v) is 6.35. The Labute approximate surface area is 139 Å². The van der Waals surface area contributed by atoms with E-state index in [9.17, 15) is 0 Å². The van der Waals surface area contributed by atoms with Crippen molar-refractivity contribution in [3.63, 3.8) is 0 Å². The van der Waals surface area contributed by atoms with Crippen molar-refractivity contribution in [2.45, 2.75) is 6.54 Å². The third-order valence-electron chi connectivity index (χ3n) is 3.62. The van der Waals surface area contributed by atoms with Crippen LogP contribution >= 0.6 is 11.8 Å². The largest absolute Gasteiger partial charge is 0.497 e. The van der Waals surface area contributed by atoms with Crippen LogP contribution in [0.25, 0.3) is 5.69 Å². The van der Waals surface area contributed by atoms with E-state index in [0.717, 1.165) is 41.7 Å². The Kier molecular flexibility index (Phi) is 5.02. The first kappa shape index (κ1) is 15.7. The molecule has 0 aliphatic carbocycles. The maximum atomic E-state index is 6.04. The quantitative estimate of drug-likeness (QED) is 0.668. The maximum Gasteiger partial charge on any atom is 0.191 e. The summed E-state index contributed by atoms with van der Waals surface area (Å²) in [4.78, 5) is 6.54. The molecule has 1 fully saturated rings. The molecule has 23 heavy (non-hydrogen) atoms. The summed E-state index contributed by atoms with van der Waals surface area (Å²) < 4.78 is 6.87. The molecule has 0 bridgehead atoms. The van der Waals surface area contributed by atoms with E-state index in [1.165, 1.54) is 0 Å². The second-order valence-electron chi connectivity index (χ2n) is 5.13. The van der Waals surface area contributed by atoms with Crippen molar-refractivity contribution in [1.82, 2.24) is 19.9 Å². The average Bonchev–Trinajstić information content (AvgIpc) is 3.09. The fourth-order valence-electron chi connectivity index (χ4n) is 2.29. The number of guanidine groups is 1. The third-order valence-corrected chi connectivity index (χ3v) is 4.56. The summed E-state index contributed by atoms with van der Waals surface area (Å²) >= 11 is 1.95. The van der Waals surface area contributed by atoms with E-state index in [-0.39, 0.29) is 0 Å². The molecule has 2 aromatic rings. The zero-order valence-corrected chi connectivity index (χ0v) is 13.9. The van der Waals surface area contributed by atoms with Crippen LogP contribution in [-0.4, -0.2) is 57.6 Å². The van der Waals surface area contributed by atoms with E-state index >= 15 is 0 Å². The fraction of sp³-hybridized carbons (Fsp3) is 0.400. The lowest BCUT2D eigenvalue weighted by Crippen LogP contribution is -2.42. The van der Waals surface area contributed by atoms with Crippen LogP contribution in [0.5, 0.6) is 5.75 Å². The molecule has 0 atom stereocenters. The lowest BCUT2D eigenvalue weighted by Gasteiger charge is -2.27. The number of hydrogen-bond donors (Lipinski definition) is 1. The molecule has 0 unspecified atom stereocenters. The molecule has 0 radical (unpaired) electrons. The molecular formula is C15H20N6OS. The van der Waals surface area contributed by atoms with Crippen molar-refractivity contribution in [3.8, 4) is 11.4 Å². The highest BCUT2D eigenvalue weighted by atomic mass is 32.2. The standard InChI is InChI=1S/C15H20N6OS/c1-22-14-4-2-13(3-5-14)21-11-12(18-19-21)10-17-15(16)20-6-8-23-9-7-20/h2-5,11H,6-10H2,1H3,(H2,16,17). The Morgan fingerprint density at radius 1 is 1.30 bits per heavy atom. The molecule has 8 heteroatoms. The molecule has 0 saturated carbocycles. The molecule has 3 rings (SSSR count). The minimum atomic E-state index is 0.436. The highest BCUT2D eigenvalue weighted by Gasteiger charge is 2.12. The van der Waals surface area contributed by atoms with Crippen molar-refractivity contribution in [2.75, 3.05) is 31.7 Å². The van der Waals surface area contributed by atoms with Gasteiger partial charge in [0.2, 0.25) is 0 Å². The van der Waals surface area contributed by atoms with Crippen LogP contribution in [0.15, 0.2) is 35.5 Å². The molecule has 1 saturated heterocycles. The molecule has 2 heterocycles. The Morgan fingerprint density at radius 2 is 2.04 bits per heavy atom. The Bertz CT molecular complexity index is 663. The Balaban J connectivity index is 1.64. The number of nitrogens with zero attached hydrogens (tertiary/aromatic N) is 5. The number of ether oxygens (including phenoxy) is 1. The van der Waals surface area contributed by atoms with Gasteiger partial charge in [-0.1, -0.05) is 5.21 Å². The van der Waals surface area contributed by atoms with Gasteiger partial charge in [0.15, 0.2) is 5.96 Å². The number of thioether (sulfide) groups is 1. The number of hydrogen-bond acceptors (Lipinski definition) is 5. The van der Waals surface area contributed by atoms with Crippen molar-refractivity contribution in [1.29, 1.82) is 0 Å². The van der Waals surface area contributed by atoms with Gasteiger partial charge in [0.1, 0.15) is 11.4 Å². The summed E-state index contributed by atoms with van der Waals surface area (Å²) in [5.74, 6) is 3.60. The third kappa shape index (κ3) is 3.95. The number of aliphatic imine (C=N–C) groups is 1. The predicted octanol–water partition coefficient (Wildman–Crippen LogP) is 1.14. The van der Waals surface area contributed by atoms with Gasteiger partial charge in [-0.05, 0) is 24.3 Å². The summed E-state index contributed by atoms with van der Waals surface area (Å²) in [6, 6.07) is 7.64. The molecule has 122 valence electrons. The van der Waals surface area contributed by atoms with Crippen molar-refractivity contribution >= 4 is 17.7 Å². The summed E-state index contributed by atoms with van der Waals surface area (Å²) in [7, 11) is 1.64. The molecule has 1 aliphatic rings. The fourth-order valence-corrected chi connectivity index (χ4v) is 3.19. The topological polar surface area (TPSA) is 81.6 Å². The van der Waals surface area contributed by atoms with Crippen LogP contribution in [0.2, 0.25) is 0 Å². The van der Waals surface area contributed by atoms with E-state index in [0.29, 0.717) is 12.5 Å². The first-order valence-electron chi connectivity index (χ1n) is 7.44. The number of aromatic nitrogens is 3. The lowest BCUT2D eigenvalue weighted by atomic mass is 10.3. The van der Waals surface area contributed by atoms with Crippen LogP contribution in [0.1, 0.15) is 5.69 Å². The summed E-state index contributed by atoms with van der Waals surface area (Å²) in [5, 5.41) is 8.28. The predicted molar refractivity (Wildman–Crippen MR) is 92.1 cm³/mol. The highest BCUT2D eigenvalue weighted by molar-refractivity contribution is 7.99. The number of benzene rings is 1. The van der Waals surface area contributed by atoms with Crippen LogP contribution in [-0.2, 0) is 6.54 Å². The van der Waals surface area contributed by atoms with E-state index in [4.69, 9.17) is 10.5 Å². The Hall–Kier alpha value is -2.22. The molecule has 7 nitrogen and oxygen atoms in total. The molecule has 1 aromatic carbocycles. The first-order chi connectivity index (χ1) is 11.3. The normalized spacial score (nSPS) is 15.7. The number of rotatable bonds is 4. The number of methoxy groups -OCH3 is 1. The van der Waals surface area contributed by atoms with Gasteiger partial charge in [0.05, 0.1) is 25.5 Å². The molecule has 2 N–H and O–H groups in total. The maximum absolute atomic E-state index is 6.04. The molecular weight excluding hydrogens is 312 g/mol. The van der Waals surface area contributed by atoms with E-state index in [1.807, 2.05) is 42.2 Å². The Morgan fingerprint density at radius 3 is 2.74 bits per heavy atom. The highest BCUT2D eigenvalue weighted by Crippen LogP contribution is 2.14. The van der Waals surface area contributed by atoms with E-state index < -0.39 is 0 Å². The van der Waals surface area contributed by atoms with Gasteiger partial charge in [-0.2, -0.15) is 11.8 Å². The van der Waals surface area contributed by atoms with Gasteiger partial charge in [-0.25, -0.2) is 9.67 Å². The van der Waals surface area contributed by atoms with Gasteiger partial charge >= 0.3 is 0 Å². The second kappa shape index (κ2) is 7.36. The number of nitrogens with two attached hydrogens (primary N) is 1. The molecule has 0 spiro atoms. The van der Waals surface area contributed by atoms with Crippen molar-refractivity contribution < 1.29 is 4.74 Å². The van der Waals surface area contributed by atoms with Crippen LogP contribution in [0, 0.1) is 0 Å². The van der Waals surface area contributed by atoms with Gasteiger partial charge in [0.25, 0.3) is 0 Å². The van der Waals surface area contributed by atoms with Crippen LogP contribution in [0.4, 0.5) is 0 Å². The minimum Gasteiger partial charge on any atom is -0.497 e. The summed E-state index contributed by atoms with van der Waals surface area (Å²) in [6.07, 6.45) is 1.87. The van der Waals surface area contributed by atoms with Gasteiger partial charge in [0, 0.05) is 24.6 Å². The van der Waals surface area contributed by atoms with Crippen molar-refractivity contribution in [2.24, 2.45) is 10.7 Å². The van der Waals surface area contributed by atoms with Crippen molar-refractivity contribution in [3.05, 3.63) is 36.2 Å². The SMILES string of the molecule is COc1ccc(-n2cc(CN=C(N)N3CCSCC3)nn2)cc1. The zero-order valence-electron chi connectivity index (χ0n) is 13.1. The minimum absolute atomic E-state index is 0.436.